The van der Waals surface area contributed by atoms with Crippen molar-refractivity contribution in [3.8, 4) is 11.5 Å². The molecule has 0 unspecified atom stereocenters. The minimum absolute atomic E-state index is 0.142. The van der Waals surface area contributed by atoms with E-state index < -0.39 is 23.3 Å². The van der Waals surface area contributed by atoms with Crippen molar-refractivity contribution in [2.24, 2.45) is 5.92 Å². The van der Waals surface area contributed by atoms with Crippen LogP contribution in [0.4, 0.5) is 8.78 Å². The van der Waals surface area contributed by atoms with Crippen LogP contribution in [0.15, 0.2) is 36.4 Å². The van der Waals surface area contributed by atoms with Crippen molar-refractivity contribution in [1.82, 2.24) is 4.90 Å². The third-order valence-corrected chi connectivity index (χ3v) is 5.08. The average molecular weight is 403 g/mol. The fraction of sp³-hybridized carbons (Fsp3) is 0.364. The number of carbonyl (C=O) groups excluding carboxylic acids is 2. The molecule has 1 heterocycles. The summed E-state index contributed by atoms with van der Waals surface area (Å²) in [4.78, 5) is 26.6. The second-order valence-electron chi connectivity index (χ2n) is 7.09. The number of likely N-dealkylation sites (tertiary alicyclic amines) is 1. The van der Waals surface area contributed by atoms with Gasteiger partial charge in [-0.2, -0.15) is 0 Å². The summed E-state index contributed by atoms with van der Waals surface area (Å²) in [6, 6.07) is 8.31. The van der Waals surface area contributed by atoms with Gasteiger partial charge in [-0.25, -0.2) is 8.78 Å². The first-order valence-electron chi connectivity index (χ1n) is 9.43. The molecule has 0 saturated carbocycles. The van der Waals surface area contributed by atoms with Gasteiger partial charge in [0, 0.05) is 19.0 Å². The highest BCUT2D eigenvalue weighted by atomic mass is 19.1. The molecule has 3 rings (SSSR count). The summed E-state index contributed by atoms with van der Waals surface area (Å²) in [6.45, 7) is 2.51. The van der Waals surface area contributed by atoms with Crippen LogP contribution in [0.5, 0.6) is 11.5 Å². The van der Waals surface area contributed by atoms with Gasteiger partial charge in [0.2, 0.25) is 0 Å². The Balaban J connectivity index is 1.54. The Bertz CT molecular complexity index is 908. The molecule has 0 spiro atoms. The summed E-state index contributed by atoms with van der Waals surface area (Å²) in [5.41, 5.74) is 0.784. The number of piperidine rings is 1. The highest BCUT2D eigenvalue weighted by Crippen LogP contribution is 2.28. The van der Waals surface area contributed by atoms with E-state index in [1.54, 1.807) is 11.0 Å². The lowest BCUT2D eigenvalue weighted by Crippen LogP contribution is -2.42. The fourth-order valence-electron chi connectivity index (χ4n) is 3.42. The maximum atomic E-state index is 13.8. The van der Waals surface area contributed by atoms with Gasteiger partial charge in [0.1, 0.15) is 11.6 Å². The monoisotopic (exact) mass is 403 g/mol. The van der Waals surface area contributed by atoms with Crippen LogP contribution >= 0.6 is 0 Å². The topological polar surface area (TPSA) is 55.8 Å². The molecule has 1 saturated heterocycles. The van der Waals surface area contributed by atoms with Crippen LogP contribution in [0, 0.1) is 24.5 Å². The zero-order valence-electron chi connectivity index (χ0n) is 16.4. The molecule has 5 nitrogen and oxygen atoms in total. The van der Waals surface area contributed by atoms with Gasteiger partial charge in [0.15, 0.2) is 23.9 Å². The number of Topliss-reactive ketones (excluding diaryl/α,β-unsaturated/α-hetero) is 1. The molecule has 2 aromatic carbocycles. The summed E-state index contributed by atoms with van der Waals surface area (Å²) < 4.78 is 38.1. The van der Waals surface area contributed by atoms with Gasteiger partial charge in [0.25, 0.3) is 5.91 Å². The molecule has 2 aromatic rings. The normalized spacial score (nSPS) is 14.6. The number of halogens is 2. The van der Waals surface area contributed by atoms with Crippen molar-refractivity contribution in [1.29, 1.82) is 0 Å². The maximum absolute atomic E-state index is 13.8. The smallest absolute Gasteiger partial charge is 0.260 e. The number of hydrogen-bond donors (Lipinski definition) is 0. The number of ether oxygens (including phenoxy) is 2. The Morgan fingerprint density at radius 1 is 1.07 bits per heavy atom. The lowest BCUT2D eigenvalue weighted by molar-refractivity contribution is -0.134. The van der Waals surface area contributed by atoms with E-state index >= 15 is 0 Å². The van der Waals surface area contributed by atoms with E-state index in [0.717, 1.165) is 23.8 Å². The first-order chi connectivity index (χ1) is 13.9. The summed E-state index contributed by atoms with van der Waals surface area (Å²) in [5.74, 6) is -1.39. The minimum atomic E-state index is -0.727. The fourth-order valence-corrected chi connectivity index (χ4v) is 3.42. The van der Waals surface area contributed by atoms with Gasteiger partial charge in [-0.1, -0.05) is 6.07 Å². The number of methoxy groups -OCH3 is 1. The van der Waals surface area contributed by atoms with Crippen LogP contribution in [-0.2, 0) is 4.79 Å². The highest BCUT2D eigenvalue weighted by molar-refractivity contribution is 5.98. The first kappa shape index (κ1) is 20.8. The number of carbonyl (C=O) groups is 2. The number of aryl methyl sites for hydroxylation is 1. The number of hydrogen-bond acceptors (Lipinski definition) is 4. The molecule has 1 fully saturated rings. The third kappa shape index (κ3) is 4.91. The minimum Gasteiger partial charge on any atom is -0.493 e. The highest BCUT2D eigenvalue weighted by Gasteiger charge is 2.29. The van der Waals surface area contributed by atoms with Crippen molar-refractivity contribution < 1.29 is 27.8 Å². The number of nitrogens with zero attached hydrogens (tertiary/aromatic N) is 1. The molecule has 0 radical (unpaired) electrons. The van der Waals surface area contributed by atoms with Crippen LogP contribution < -0.4 is 9.47 Å². The van der Waals surface area contributed by atoms with Crippen molar-refractivity contribution in [3.05, 3.63) is 59.2 Å². The molecule has 0 aromatic heterocycles. The van der Waals surface area contributed by atoms with Crippen LogP contribution in [0.2, 0.25) is 0 Å². The largest absolute Gasteiger partial charge is 0.493 e. The summed E-state index contributed by atoms with van der Waals surface area (Å²) in [5, 5.41) is 0. The van der Waals surface area contributed by atoms with Crippen LogP contribution in [-0.4, -0.2) is 43.4 Å². The van der Waals surface area contributed by atoms with Gasteiger partial charge in [-0.05, 0) is 55.7 Å². The van der Waals surface area contributed by atoms with Gasteiger partial charge in [-0.3, -0.25) is 9.59 Å². The van der Waals surface area contributed by atoms with E-state index in [0.29, 0.717) is 37.4 Å². The quantitative estimate of drug-likeness (QED) is 0.689. The van der Waals surface area contributed by atoms with Gasteiger partial charge in [0.05, 0.1) is 12.7 Å². The molecule has 0 aliphatic carbocycles. The van der Waals surface area contributed by atoms with E-state index in [2.05, 4.69) is 0 Å². The molecule has 0 bridgehead atoms. The summed E-state index contributed by atoms with van der Waals surface area (Å²) >= 11 is 0. The Hall–Kier alpha value is -2.96. The second-order valence-corrected chi connectivity index (χ2v) is 7.09. The molecule has 7 heteroatoms. The van der Waals surface area contributed by atoms with E-state index in [4.69, 9.17) is 9.47 Å². The lowest BCUT2D eigenvalue weighted by Gasteiger charge is -2.31. The molecule has 29 heavy (non-hydrogen) atoms. The predicted octanol–water partition coefficient (Wildman–Crippen LogP) is 3.78. The van der Waals surface area contributed by atoms with Gasteiger partial charge >= 0.3 is 0 Å². The number of rotatable bonds is 6. The molecular weight excluding hydrogens is 380 g/mol. The number of amides is 1. The maximum Gasteiger partial charge on any atom is 0.260 e. The van der Waals surface area contributed by atoms with Crippen LogP contribution in [0.3, 0.4) is 0 Å². The third-order valence-electron chi connectivity index (χ3n) is 5.08. The van der Waals surface area contributed by atoms with Crippen molar-refractivity contribution in [2.45, 2.75) is 19.8 Å². The zero-order valence-corrected chi connectivity index (χ0v) is 16.4. The predicted molar refractivity (Wildman–Crippen MR) is 103 cm³/mol. The Labute approximate surface area is 168 Å². The Morgan fingerprint density at radius 2 is 1.79 bits per heavy atom. The molecular formula is C22H23F2NO4. The van der Waals surface area contributed by atoms with Gasteiger partial charge in [-0.15, -0.1) is 0 Å². The van der Waals surface area contributed by atoms with E-state index in [1.165, 1.54) is 7.11 Å². The number of ketones is 1. The van der Waals surface area contributed by atoms with Crippen molar-refractivity contribution in [3.63, 3.8) is 0 Å². The molecule has 0 atom stereocenters. The van der Waals surface area contributed by atoms with E-state index in [-0.39, 0.29) is 18.1 Å². The number of benzene rings is 2. The molecule has 1 aliphatic heterocycles. The standard InChI is InChI=1S/C22H23F2NO4/c1-14-3-6-19(20(11-14)28-2)29-13-21(26)25-9-7-15(8-10-25)22(27)17-12-16(23)4-5-18(17)24/h3-6,11-12,15H,7-10,13H2,1-2H3. The summed E-state index contributed by atoms with van der Waals surface area (Å²) in [7, 11) is 1.53. The average Bonchev–Trinajstić information content (AvgIpc) is 2.73. The lowest BCUT2D eigenvalue weighted by atomic mass is 9.88. The molecule has 154 valence electrons. The van der Waals surface area contributed by atoms with Crippen LogP contribution in [0.1, 0.15) is 28.8 Å². The molecule has 0 N–H and O–H groups in total. The van der Waals surface area contributed by atoms with Gasteiger partial charge < -0.3 is 14.4 Å². The Kier molecular flexibility index (Phi) is 6.46. The summed E-state index contributed by atoms with van der Waals surface area (Å²) in [6.07, 6.45) is 0.794. The van der Waals surface area contributed by atoms with Crippen molar-refractivity contribution in [2.75, 3.05) is 26.8 Å². The molecule has 1 aliphatic rings. The van der Waals surface area contributed by atoms with Crippen LogP contribution in [0.25, 0.3) is 0 Å². The second kappa shape index (κ2) is 9.03. The van der Waals surface area contributed by atoms with Crippen molar-refractivity contribution >= 4 is 11.7 Å². The van der Waals surface area contributed by atoms with E-state index in [1.807, 2.05) is 19.1 Å². The zero-order chi connectivity index (χ0) is 21.0. The Morgan fingerprint density at radius 3 is 2.48 bits per heavy atom. The molecule has 1 amide bonds. The first-order valence-corrected chi connectivity index (χ1v) is 9.43. The van der Waals surface area contributed by atoms with E-state index in [9.17, 15) is 18.4 Å². The SMILES string of the molecule is COc1cc(C)ccc1OCC(=O)N1CCC(C(=O)c2cc(F)ccc2F)CC1.